The van der Waals surface area contributed by atoms with E-state index in [4.69, 9.17) is 23.2 Å². The summed E-state index contributed by atoms with van der Waals surface area (Å²) in [6, 6.07) is 13.3. The van der Waals surface area contributed by atoms with Crippen molar-refractivity contribution in [1.29, 1.82) is 0 Å². The number of carboxylic acids is 1. The zero-order chi connectivity index (χ0) is 18.0. The summed E-state index contributed by atoms with van der Waals surface area (Å²) in [7, 11) is 0. The predicted octanol–water partition coefficient (Wildman–Crippen LogP) is 3.82. The van der Waals surface area contributed by atoms with Gasteiger partial charge in [0, 0.05) is 27.5 Å². The van der Waals surface area contributed by atoms with Gasteiger partial charge in [0.15, 0.2) is 0 Å². The highest BCUT2D eigenvalue weighted by Gasteiger charge is 2.21. The van der Waals surface area contributed by atoms with E-state index in [9.17, 15) is 14.7 Å². The van der Waals surface area contributed by atoms with E-state index in [-0.39, 0.29) is 6.42 Å². The molecule has 0 fully saturated rings. The fourth-order valence-electron chi connectivity index (χ4n) is 2.53. The van der Waals surface area contributed by atoms with Crippen LogP contribution in [0.4, 0.5) is 0 Å². The molecule has 3 rings (SSSR count). The van der Waals surface area contributed by atoms with E-state index >= 15 is 0 Å². The van der Waals surface area contributed by atoms with Gasteiger partial charge in [0.05, 0.1) is 11.1 Å². The Bertz CT molecular complexity index is 954. The number of thiophene rings is 1. The Kier molecular flexibility index (Phi) is 5.27. The second-order valence-electron chi connectivity index (χ2n) is 5.40. The van der Waals surface area contributed by atoms with Crippen LogP contribution in [0.1, 0.15) is 27.7 Å². The molecule has 7 heteroatoms. The second kappa shape index (κ2) is 7.44. The number of benzene rings is 2. The lowest BCUT2D eigenvalue weighted by Gasteiger charge is -2.19. The first-order chi connectivity index (χ1) is 12.0. The highest BCUT2D eigenvalue weighted by molar-refractivity contribution is 7.21. The number of hydrogen-bond acceptors (Lipinski definition) is 4. The number of nitrogens with one attached hydrogen (secondary N) is 1. The molecule has 2 aromatic carbocycles. The minimum Gasteiger partial charge on any atom is -0.550 e. The molecule has 128 valence electrons. The summed E-state index contributed by atoms with van der Waals surface area (Å²) in [6.07, 6.45) is -0.366. The van der Waals surface area contributed by atoms with Gasteiger partial charge in [-0.05, 0) is 23.8 Å². The first-order valence-electron chi connectivity index (χ1n) is 7.39. The van der Waals surface area contributed by atoms with E-state index < -0.39 is 17.9 Å². The number of fused-ring (bicyclic) bond motifs is 1. The van der Waals surface area contributed by atoms with Gasteiger partial charge < -0.3 is 15.2 Å². The Balaban J connectivity index is 1.91. The molecule has 0 radical (unpaired) electrons. The van der Waals surface area contributed by atoms with Crippen LogP contribution in [0.15, 0.2) is 48.5 Å². The molecule has 25 heavy (non-hydrogen) atoms. The molecule has 0 unspecified atom stereocenters. The largest absolute Gasteiger partial charge is 0.550 e. The minimum absolute atomic E-state index is 0.341. The Morgan fingerprint density at radius 3 is 2.56 bits per heavy atom. The van der Waals surface area contributed by atoms with Crippen LogP contribution in [0.25, 0.3) is 10.1 Å². The summed E-state index contributed by atoms with van der Waals surface area (Å²) in [4.78, 5) is 24.1. The fraction of sp³-hybridized carbons (Fsp3) is 0.111. The van der Waals surface area contributed by atoms with E-state index in [0.29, 0.717) is 20.5 Å². The molecule has 0 bridgehead atoms. The van der Waals surface area contributed by atoms with Crippen molar-refractivity contribution >= 4 is 56.5 Å². The normalized spacial score (nSPS) is 12.1. The van der Waals surface area contributed by atoms with Crippen molar-refractivity contribution in [3.05, 3.63) is 69.0 Å². The van der Waals surface area contributed by atoms with Crippen molar-refractivity contribution in [1.82, 2.24) is 5.32 Å². The number of aliphatic carboxylic acids is 1. The highest BCUT2D eigenvalue weighted by atomic mass is 35.5. The summed E-state index contributed by atoms with van der Waals surface area (Å²) in [5, 5.41) is 15.4. The summed E-state index contributed by atoms with van der Waals surface area (Å²) in [5.74, 6) is -1.70. The van der Waals surface area contributed by atoms with Crippen LogP contribution < -0.4 is 10.4 Å². The lowest BCUT2D eigenvalue weighted by atomic mass is 10.0. The zero-order valence-electron chi connectivity index (χ0n) is 12.8. The Labute approximate surface area is 158 Å². The van der Waals surface area contributed by atoms with Gasteiger partial charge in [-0.2, -0.15) is 0 Å². The average Bonchev–Trinajstić information content (AvgIpc) is 2.91. The number of hydrogen-bond donors (Lipinski definition) is 1. The minimum atomic E-state index is -1.27. The van der Waals surface area contributed by atoms with Gasteiger partial charge in [0.1, 0.15) is 4.88 Å². The van der Waals surface area contributed by atoms with Crippen molar-refractivity contribution in [3.8, 4) is 0 Å². The Hall–Kier alpha value is -2.08. The van der Waals surface area contributed by atoms with E-state index in [2.05, 4.69) is 5.32 Å². The molecule has 3 aromatic rings. The molecule has 1 heterocycles. The van der Waals surface area contributed by atoms with Gasteiger partial charge in [0.2, 0.25) is 0 Å². The molecule has 4 nitrogen and oxygen atoms in total. The van der Waals surface area contributed by atoms with Gasteiger partial charge in [-0.3, -0.25) is 4.79 Å². The molecule has 1 aromatic heterocycles. The van der Waals surface area contributed by atoms with Crippen molar-refractivity contribution in [2.45, 2.75) is 12.5 Å². The molecule has 0 saturated carbocycles. The molecule has 0 aliphatic carbocycles. The van der Waals surface area contributed by atoms with Gasteiger partial charge >= 0.3 is 0 Å². The van der Waals surface area contributed by atoms with Gasteiger partial charge in [-0.25, -0.2) is 0 Å². The van der Waals surface area contributed by atoms with Crippen LogP contribution in [-0.2, 0) is 4.79 Å². The van der Waals surface area contributed by atoms with Gasteiger partial charge in [0.25, 0.3) is 5.91 Å². The number of halogens is 2. The summed E-state index contributed by atoms with van der Waals surface area (Å²) in [6.45, 7) is 0. The van der Waals surface area contributed by atoms with Crippen molar-refractivity contribution < 1.29 is 14.7 Å². The van der Waals surface area contributed by atoms with E-state index in [1.807, 2.05) is 24.3 Å². The number of carbonyl (C=O) groups is 2. The highest BCUT2D eigenvalue weighted by Crippen LogP contribution is 2.35. The maximum absolute atomic E-state index is 12.7. The van der Waals surface area contributed by atoms with Crippen molar-refractivity contribution in [2.75, 3.05) is 0 Å². The summed E-state index contributed by atoms with van der Waals surface area (Å²) in [5.41, 5.74) is 0.585. The van der Waals surface area contributed by atoms with E-state index in [0.717, 1.165) is 10.1 Å². The zero-order valence-corrected chi connectivity index (χ0v) is 15.1. The predicted molar refractivity (Wildman–Crippen MR) is 98.1 cm³/mol. The van der Waals surface area contributed by atoms with Crippen LogP contribution in [-0.4, -0.2) is 11.9 Å². The number of carbonyl (C=O) groups excluding carboxylic acids is 2. The van der Waals surface area contributed by atoms with Gasteiger partial charge in [-0.1, -0.05) is 53.5 Å². The van der Waals surface area contributed by atoms with Crippen molar-refractivity contribution in [2.24, 2.45) is 0 Å². The molecular weight excluding hydrogens is 381 g/mol. The van der Waals surface area contributed by atoms with Crippen LogP contribution in [0.3, 0.4) is 0 Å². The summed E-state index contributed by atoms with van der Waals surface area (Å²) < 4.78 is 0.886. The topological polar surface area (TPSA) is 69.2 Å². The third-order valence-corrected chi connectivity index (χ3v) is 5.58. The average molecular weight is 393 g/mol. The monoisotopic (exact) mass is 392 g/mol. The fourth-order valence-corrected chi connectivity index (χ4v) is 4.14. The maximum Gasteiger partial charge on any atom is 0.263 e. The van der Waals surface area contributed by atoms with Crippen LogP contribution in [0.5, 0.6) is 0 Å². The first-order valence-corrected chi connectivity index (χ1v) is 8.96. The molecule has 0 aliphatic heterocycles. The number of amides is 1. The lowest BCUT2D eigenvalue weighted by Crippen LogP contribution is -2.34. The first kappa shape index (κ1) is 17.7. The van der Waals surface area contributed by atoms with Gasteiger partial charge in [-0.15, -0.1) is 11.3 Å². The summed E-state index contributed by atoms with van der Waals surface area (Å²) >= 11 is 13.5. The number of rotatable bonds is 5. The Morgan fingerprint density at radius 2 is 1.88 bits per heavy atom. The molecule has 0 aliphatic rings. The molecule has 1 atom stereocenters. The maximum atomic E-state index is 12.7. The SMILES string of the molecule is O=C([O-])C[C@@H](NC(=O)c1sc2ccccc2c1Cl)c1cccc(Cl)c1. The number of carboxylic acid groups (broad SMARTS) is 1. The van der Waals surface area contributed by atoms with Crippen LogP contribution in [0, 0.1) is 0 Å². The quantitative estimate of drug-likeness (QED) is 0.717. The molecule has 1 N–H and O–H groups in total. The third kappa shape index (κ3) is 3.95. The smallest absolute Gasteiger partial charge is 0.263 e. The third-order valence-electron chi connectivity index (χ3n) is 3.67. The Morgan fingerprint density at radius 1 is 1.12 bits per heavy atom. The molecular formula is C18H12Cl2NO3S-. The molecule has 1 amide bonds. The lowest BCUT2D eigenvalue weighted by molar-refractivity contribution is -0.306. The molecule has 0 saturated heterocycles. The van der Waals surface area contributed by atoms with Crippen LogP contribution in [0.2, 0.25) is 10.0 Å². The molecule has 0 spiro atoms. The second-order valence-corrected chi connectivity index (χ2v) is 7.27. The standard InChI is InChI=1S/C18H13Cl2NO3S/c19-11-5-3-4-10(8-11)13(9-15(22)23)21-18(24)17-16(20)12-6-1-2-7-14(12)25-17/h1-8,13H,9H2,(H,21,24)(H,22,23)/p-1/t13-/m1/s1. The van der Waals surface area contributed by atoms with Crippen molar-refractivity contribution in [3.63, 3.8) is 0 Å². The van der Waals surface area contributed by atoms with E-state index in [1.165, 1.54) is 11.3 Å². The van der Waals surface area contributed by atoms with Crippen LogP contribution >= 0.6 is 34.5 Å². The van der Waals surface area contributed by atoms with E-state index in [1.54, 1.807) is 24.3 Å².